The van der Waals surface area contributed by atoms with Crippen LogP contribution in [0.1, 0.15) is 24.0 Å². The fraction of sp³-hybridized carbons (Fsp3) is 0.350. The molecule has 5 rings (SSSR count). The van der Waals surface area contributed by atoms with Crippen LogP contribution in [0.4, 0.5) is 0 Å². The van der Waals surface area contributed by atoms with Gasteiger partial charge in [0, 0.05) is 30.1 Å². The average Bonchev–Trinajstić information content (AvgIpc) is 3.10. The summed E-state index contributed by atoms with van der Waals surface area (Å²) in [7, 11) is 0. The van der Waals surface area contributed by atoms with E-state index in [1.54, 1.807) is 12.4 Å². The lowest BCUT2D eigenvalue weighted by Gasteiger charge is -2.45. The van der Waals surface area contributed by atoms with Crippen LogP contribution in [0.3, 0.4) is 0 Å². The lowest BCUT2D eigenvalue weighted by Crippen LogP contribution is -2.55. The second kappa shape index (κ2) is 5.96. The minimum absolute atomic E-state index is 0.0704. The monoisotopic (exact) mass is 362 g/mol. The Morgan fingerprint density at radius 3 is 2.96 bits per heavy atom. The van der Waals surface area contributed by atoms with E-state index >= 15 is 0 Å². The Balaban J connectivity index is 1.66. The quantitative estimate of drug-likeness (QED) is 0.833. The Morgan fingerprint density at radius 2 is 2.15 bits per heavy atom. The molecule has 4 heterocycles. The van der Waals surface area contributed by atoms with Gasteiger partial charge in [0.1, 0.15) is 30.6 Å². The summed E-state index contributed by atoms with van der Waals surface area (Å²) in [5.74, 6) is 0.775. The molecule has 3 aliphatic rings. The summed E-state index contributed by atoms with van der Waals surface area (Å²) in [5.41, 5.74) is 8.37. The Hall–Kier alpha value is -3.11. The van der Waals surface area contributed by atoms with E-state index in [4.69, 9.17) is 25.2 Å². The topological polar surface area (TPSA) is 103 Å². The van der Waals surface area contributed by atoms with Gasteiger partial charge in [-0.1, -0.05) is 6.07 Å². The highest BCUT2D eigenvalue weighted by Gasteiger charge is 2.55. The van der Waals surface area contributed by atoms with Crippen LogP contribution < -0.4 is 10.5 Å². The first-order chi connectivity index (χ1) is 13.2. The van der Waals surface area contributed by atoms with Crippen molar-refractivity contribution in [2.24, 2.45) is 10.7 Å². The summed E-state index contributed by atoms with van der Waals surface area (Å²) in [5, 5.41) is 9.15. The Kier molecular flexibility index (Phi) is 3.55. The van der Waals surface area contributed by atoms with Crippen molar-refractivity contribution in [3.63, 3.8) is 0 Å². The number of aromatic nitrogens is 1. The number of ether oxygens (including phenoxy) is 3. The summed E-state index contributed by atoms with van der Waals surface area (Å²) in [6, 6.07) is 10.0. The first-order valence-electron chi connectivity index (χ1n) is 8.96. The van der Waals surface area contributed by atoms with Crippen LogP contribution in [0, 0.1) is 11.3 Å². The van der Waals surface area contributed by atoms with Gasteiger partial charge in [-0.25, -0.2) is 4.99 Å². The Labute approximate surface area is 156 Å². The number of nitriles is 1. The number of nitrogens with zero attached hydrogens (tertiary/aromatic N) is 3. The van der Waals surface area contributed by atoms with E-state index in [2.05, 4.69) is 16.0 Å². The summed E-state index contributed by atoms with van der Waals surface area (Å²) in [6.07, 6.45) is 4.84. The largest absolute Gasteiger partial charge is 0.487 e. The smallest absolute Gasteiger partial charge is 0.283 e. The summed E-state index contributed by atoms with van der Waals surface area (Å²) in [4.78, 5) is 8.83. The lowest BCUT2D eigenvalue weighted by molar-refractivity contribution is -0.117. The van der Waals surface area contributed by atoms with E-state index in [-0.39, 0.29) is 18.2 Å². The molecule has 0 saturated carbocycles. The lowest BCUT2D eigenvalue weighted by atomic mass is 9.77. The van der Waals surface area contributed by atoms with Gasteiger partial charge in [0.2, 0.25) is 0 Å². The van der Waals surface area contributed by atoms with E-state index < -0.39 is 5.54 Å². The van der Waals surface area contributed by atoms with Gasteiger partial charge in [-0.2, -0.15) is 5.26 Å². The van der Waals surface area contributed by atoms with Crippen LogP contribution in [0.15, 0.2) is 41.7 Å². The fourth-order valence-corrected chi connectivity index (χ4v) is 4.17. The normalized spacial score (nSPS) is 28.3. The predicted molar refractivity (Wildman–Crippen MR) is 97.0 cm³/mol. The highest BCUT2D eigenvalue weighted by atomic mass is 16.6. The van der Waals surface area contributed by atoms with Crippen LogP contribution in [0.25, 0.3) is 11.1 Å². The predicted octanol–water partition coefficient (Wildman–Crippen LogP) is 2.10. The van der Waals surface area contributed by atoms with E-state index in [9.17, 15) is 0 Å². The highest BCUT2D eigenvalue weighted by molar-refractivity contribution is 5.75. The standard InChI is InChI=1S/C20H18N4O3/c21-8-12-6-14(10-23-9-12)13-3-4-16-15(7-13)20(11-26-19(22)24-20)18-17(27-16)2-1-5-25-18/h3-4,6-7,9-10,17-18H,1-2,5,11H2,(H2,22,24)/t17?,18-,20?/m0/s1. The van der Waals surface area contributed by atoms with Gasteiger partial charge < -0.3 is 19.9 Å². The maximum Gasteiger partial charge on any atom is 0.283 e. The van der Waals surface area contributed by atoms with Crippen molar-refractivity contribution in [1.82, 2.24) is 4.98 Å². The first kappa shape index (κ1) is 16.1. The van der Waals surface area contributed by atoms with Crippen molar-refractivity contribution in [3.05, 3.63) is 47.8 Å². The molecule has 1 fully saturated rings. The minimum atomic E-state index is -0.709. The third-order valence-electron chi connectivity index (χ3n) is 5.41. The summed E-state index contributed by atoms with van der Waals surface area (Å²) < 4.78 is 17.9. The van der Waals surface area contributed by atoms with Gasteiger partial charge in [0.25, 0.3) is 6.02 Å². The summed E-state index contributed by atoms with van der Waals surface area (Å²) >= 11 is 0. The van der Waals surface area contributed by atoms with Gasteiger partial charge in [-0.15, -0.1) is 0 Å². The van der Waals surface area contributed by atoms with Crippen LogP contribution in [-0.4, -0.2) is 36.4 Å². The zero-order chi connectivity index (χ0) is 18.4. The van der Waals surface area contributed by atoms with E-state index in [0.717, 1.165) is 35.3 Å². The van der Waals surface area contributed by atoms with Crippen molar-refractivity contribution >= 4 is 6.02 Å². The van der Waals surface area contributed by atoms with Crippen molar-refractivity contribution < 1.29 is 14.2 Å². The zero-order valence-corrected chi connectivity index (χ0v) is 14.6. The SMILES string of the molecule is N#Cc1cncc(-c2ccc3c(c2)C2(COC(N)=N2)[C@H]2OCCCC2O3)c1. The van der Waals surface area contributed by atoms with Crippen molar-refractivity contribution in [3.8, 4) is 22.9 Å². The van der Waals surface area contributed by atoms with E-state index in [0.29, 0.717) is 18.8 Å². The number of pyridine rings is 1. The van der Waals surface area contributed by atoms with Gasteiger partial charge in [0.15, 0.2) is 5.54 Å². The maximum atomic E-state index is 9.15. The van der Waals surface area contributed by atoms with Crippen molar-refractivity contribution in [1.29, 1.82) is 5.26 Å². The molecule has 2 N–H and O–H groups in total. The second-order valence-corrected chi connectivity index (χ2v) is 7.04. The molecule has 3 atom stereocenters. The number of hydrogen-bond donors (Lipinski definition) is 1. The van der Waals surface area contributed by atoms with Crippen LogP contribution in [0.2, 0.25) is 0 Å². The zero-order valence-electron chi connectivity index (χ0n) is 14.6. The molecule has 0 amide bonds. The first-order valence-corrected chi connectivity index (χ1v) is 8.96. The molecule has 0 bridgehead atoms. The molecule has 0 aliphatic carbocycles. The maximum absolute atomic E-state index is 9.15. The van der Waals surface area contributed by atoms with Gasteiger partial charge in [0.05, 0.1) is 5.56 Å². The van der Waals surface area contributed by atoms with Crippen molar-refractivity contribution in [2.45, 2.75) is 30.6 Å². The number of fused-ring (bicyclic) bond motifs is 4. The molecule has 0 radical (unpaired) electrons. The van der Waals surface area contributed by atoms with E-state index in [1.165, 1.54) is 0 Å². The third-order valence-corrected chi connectivity index (χ3v) is 5.41. The summed E-state index contributed by atoms with van der Waals surface area (Å²) in [6.45, 7) is 1.00. The molecule has 2 aromatic rings. The molecule has 7 nitrogen and oxygen atoms in total. The number of rotatable bonds is 1. The van der Waals surface area contributed by atoms with Crippen molar-refractivity contribution in [2.75, 3.05) is 13.2 Å². The van der Waals surface area contributed by atoms with Gasteiger partial charge in [-0.3, -0.25) is 4.98 Å². The Bertz CT molecular complexity index is 983. The molecule has 27 heavy (non-hydrogen) atoms. The van der Waals surface area contributed by atoms with Crippen LogP contribution in [-0.2, 0) is 15.0 Å². The van der Waals surface area contributed by atoms with E-state index in [1.807, 2.05) is 24.3 Å². The number of benzene rings is 1. The van der Waals surface area contributed by atoms with Crippen LogP contribution in [0.5, 0.6) is 5.75 Å². The minimum Gasteiger partial charge on any atom is -0.487 e. The molecule has 1 aromatic heterocycles. The highest BCUT2D eigenvalue weighted by Crippen LogP contribution is 2.49. The third kappa shape index (κ3) is 2.45. The molecule has 3 aliphatic heterocycles. The molecular formula is C20H18N4O3. The number of hydrogen-bond acceptors (Lipinski definition) is 7. The van der Waals surface area contributed by atoms with Crippen LogP contribution >= 0.6 is 0 Å². The number of amidine groups is 1. The fourth-order valence-electron chi connectivity index (χ4n) is 4.17. The molecule has 1 aromatic carbocycles. The molecule has 7 heteroatoms. The molecule has 136 valence electrons. The molecule has 2 unspecified atom stereocenters. The average molecular weight is 362 g/mol. The second-order valence-electron chi connectivity index (χ2n) is 7.04. The molecule has 1 spiro atoms. The molecular weight excluding hydrogens is 344 g/mol. The van der Waals surface area contributed by atoms with Gasteiger partial charge in [-0.05, 0) is 36.6 Å². The molecule has 1 saturated heterocycles. The number of aliphatic imine (C=N–C) groups is 1. The Morgan fingerprint density at radius 1 is 1.22 bits per heavy atom. The number of nitrogens with two attached hydrogens (primary N) is 1. The van der Waals surface area contributed by atoms with Gasteiger partial charge >= 0.3 is 0 Å².